The molecule has 1 aliphatic heterocycles. The molecule has 178 valence electrons. The topological polar surface area (TPSA) is 86.7 Å². The van der Waals surface area contributed by atoms with Crippen LogP contribution in [-0.4, -0.2) is 44.7 Å². The first kappa shape index (κ1) is 24.5. The van der Waals surface area contributed by atoms with Crippen LogP contribution in [0.15, 0.2) is 34.6 Å². The van der Waals surface area contributed by atoms with Crippen molar-refractivity contribution in [1.82, 2.24) is 10.2 Å². The molecule has 2 N–H and O–H groups in total. The maximum Gasteiger partial charge on any atom is 0.305 e. The molecule has 2 fully saturated rings. The number of halogens is 2. The zero-order valence-electron chi connectivity index (χ0n) is 17.8. The first-order valence-electron chi connectivity index (χ1n) is 10.5. The lowest BCUT2D eigenvalue weighted by atomic mass is 10.1. The summed E-state index contributed by atoms with van der Waals surface area (Å²) in [7, 11) is 0. The molecule has 6 nitrogen and oxygen atoms in total. The molecule has 1 aromatic heterocycles. The van der Waals surface area contributed by atoms with Gasteiger partial charge in [0.05, 0.1) is 11.3 Å². The van der Waals surface area contributed by atoms with E-state index in [-0.39, 0.29) is 36.7 Å². The molecule has 1 saturated heterocycles. The summed E-state index contributed by atoms with van der Waals surface area (Å²) in [5.74, 6) is -3.51. The van der Waals surface area contributed by atoms with E-state index in [4.69, 9.17) is 17.3 Å². The molecule has 34 heavy (non-hydrogen) atoms. The quantitative estimate of drug-likeness (QED) is 0.407. The van der Waals surface area contributed by atoms with E-state index >= 15 is 0 Å². The number of amides is 2. The molecule has 0 unspecified atom stereocenters. The molecule has 0 bridgehead atoms. The summed E-state index contributed by atoms with van der Waals surface area (Å²) in [6.45, 7) is 0.0759. The van der Waals surface area contributed by atoms with Gasteiger partial charge in [0.2, 0.25) is 5.91 Å². The second kappa shape index (κ2) is 10.3. The van der Waals surface area contributed by atoms with Gasteiger partial charge in [0.15, 0.2) is 11.6 Å². The molecule has 1 aliphatic carbocycles. The van der Waals surface area contributed by atoms with E-state index in [1.807, 2.05) is 5.38 Å². The lowest BCUT2D eigenvalue weighted by molar-refractivity contribution is -0.137. The predicted octanol–water partition coefficient (Wildman–Crippen LogP) is 4.65. The van der Waals surface area contributed by atoms with Gasteiger partial charge in [0.1, 0.15) is 4.32 Å². The number of rotatable bonds is 7. The van der Waals surface area contributed by atoms with Gasteiger partial charge >= 0.3 is 5.97 Å². The van der Waals surface area contributed by atoms with Gasteiger partial charge in [-0.3, -0.25) is 19.3 Å². The zero-order valence-corrected chi connectivity index (χ0v) is 20.2. The first-order chi connectivity index (χ1) is 16.2. The summed E-state index contributed by atoms with van der Waals surface area (Å²) in [5.41, 5.74) is 1.26. The largest absolute Gasteiger partial charge is 0.481 e. The van der Waals surface area contributed by atoms with Crippen molar-refractivity contribution in [3.05, 3.63) is 51.1 Å². The SMILES string of the molecule is O=C(O)CCNC(=O)[C@H]1CC[C@@H](N2C(=O)/C(=C/c3cc(-c4ccc(F)c(F)c4)cs3)SC2=S)C1. The molecular weight excluding hydrogens is 502 g/mol. The number of hydrogen-bond donors (Lipinski definition) is 2. The molecule has 4 rings (SSSR count). The summed E-state index contributed by atoms with van der Waals surface area (Å²) < 4.78 is 27.2. The van der Waals surface area contributed by atoms with Gasteiger partial charge < -0.3 is 10.4 Å². The van der Waals surface area contributed by atoms with E-state index in [1.54, 1.807) is 17.0 Å². The van der Waals surface area contributed by atoms with Crippen LogP contribution in [0.5, 0.6) is 0 Å². The van der Waals surface area contributed by atoms with Crippen molar-refractivity contribution < 1.29 is 28.3 Å². The van der Waals surface area contributed by atoms with E-state index in [2.05, 4.69) is 5.32 Å². The van der Waals surface area contributed by atoms with Crippen molar-refractivity contribution in [2.24, 2.45) is 5.92 Å². The van der Waals surface area contributed by atoms with Gasteiger partial charge in [-0.05, 0) is 60.0 Å². The minimum Gasteiger partial charge on any atom is -0.481 e. The third kappa shape index (κ3) is 5.37. The van der Waals surface area contributed by atoms with E-state index < -0.39 is 17.6 Å². The van der Waals surface area contributed by atoms with Gasteiger partial charge in [0.25, 0.3) is 5.91 Å². The third-order valence-electron chi connectivity index (χ3n) is 5.75. The van der Waals surface area contributed by atoms with Gasteiger partial charge in [0, 0.05) is 23.4 Å². The molecule has 0 spiro atoms. The van der Waals surface area contributed by atoms with Crippen LogP contribution in [-0.2, 0) is 14.4 Å². The van der Waals surface area contributed by atoms with Gasteiger partial charge in [-0.15, -0.1) is 11.3 Å². The second-order valence-corrected chi connectivity index (χ2v) is 10.6. The molecule has 11 heteroatoms. The summed E-state index contributed by atoms with van der Waals surface area (Å²) in [6.07, 6.45) is 3.30. The number of carboxylic acids is 1. The molecule has 1 aromatic carbocycles. The Morgan fingerprint density at radius 1 is 1.21 bits per heavy atom. The van der Waals surface area contributed by atoms with Crippen LogP contribution in [0, 0.1) is 17.6 Å². The minimum atomic E-state index is -0.975. The number of hydrogen-bond acceptors (Lipinski definition) is 6. The Hall–Kier alpha value is -2.63. The van der Waals surface area contributed by atoms with Crippen molar-refractivity contribution in [2.75, 3.05) is 6.54 Å². The van der Waals surface area contributed by atoms with E-state index in [1.165, 1.54) is 29.2 Å². The van der Waals surface area contributed by atoms with Crippen LogP contribution in [0.4, 0.5) is 8.78 Å². The number of benzene rings is 1. The smallest absolute Gasteiger partial charge is 0.305 e. The Balaban J connectivity index is 1.41. The fourth-order valence-electron chi connectivity index (χ4n) is 4.05. The van der Waals surface area contributed by atoms with Crippen molar-refractivity contribution >= 4 is 63.5 Å². The Morgan fingerprint density at radius 3 is 2.74 bits per heavy atom. The standard InChI is InChI=1S/C23H20F2N2O4S3/c24-17-4-2-12(9-18(17)25)14-8-16(33-11-14)10-19-22(31)27(23(32)34-19)15-3-1-13(7-15)21(30)26-6-5-20(28)29/h2,4,8-11,13,15H,1,3,5-7H2,(H,26,30)(H,28,29)/b19-10-/t13-,15+/m0/s1. The van der Waals surface area contributed by atoms with Crippen molar-refractivity contribution in [1.29, 1.82) is 0 Å². The lowest BCUT2D eigenvalue weighted by Crippen LogP contribution is -2.38. The number of nitrogens with zero attached hydrogens (tertiary/aromatic N) is 1. The van der Waals surface area contributed by atoms with Gasteiger partial charge in [-0.1, -0.05) is 30.0 Å². The highest BCUT2D eigenvalue weighted by molar-refractivity contribution is 8.26. The summed E-state index contributed by atoms with van der Waals surface area (Å²) in [6, 6.07) is 5.33. The van der Waals surface area contributed by atoms with Gasteiger partial charge in [-0.25, -0.2) is 8.78 Å². The van der Waals surface area contributed by atoms with E-state index in [0.29, 0.717) is 34.1 Å². The monoisotopic (exact) mass is 522 g/mol. The van der Waals surface area contributed by atoms with E-state index in [0.717, 1.165) is 22.6 Å². The fraction of sp³-hybridized carbons (Fsp3) is 0.304. The molecule has 2 atom stereocenters. The number of carboxylic acid groups (broad SMARTS) is 1. The summed E-state index contributed by atoms with van der Waals surface area (Å²) >= 11 is 8.02. The number of thioether (sulfide) groups is 1. The van der Waals surface area contributed by atoms with Crippen molar-refractivity contribution in [2.45, 2.75) is 31.7 Å². The number of aliphatic carboxylic acids is 1. The van der Waals surface area contributed by atoms with Crippen molar-refractivity contribution in [3.8, 4) is 11.1 Å². The van der Waals surface area contributed by atoms with Gasteiger partial charge in [-0.2, -0.15) is 0 Å². The maximum atomic E-state index is 13.6. The number of carbonyl (C=O) groups excluding carboxylic acids is 2. The lowest BCUT2D eigenvalue weighted by Gasteiger charge is -2.22. The Morgan fingerprint density at radius 2 is 2.00 bits per heavy atom. The third-order valence-corrected chi connectivity index (χ3v) is 7.96. The molecule has 1 saturated carbocycles. The summed E-state index contributed by atoms with van der Waals surface area (Å²) in [4.78, 5) is 38.8. The molecule has 2 heterocycles. The Labute approximate surface area is 208 Å². The maximum absolute atomic E-state index is 13.6. The Bertz CT molecular complexity index is 1200. The number of thiocarbonyl (C=S) groups is 1. The molecule has 2 aromatic rings. The number of carbonyl (C=O) groups is 3. The number of thiophene rings is 1. The molecule has 2 amide bonds. The van der Waals surface area contributed by atoms with Crippen LogP contribution >= 0.6 is 35.3 Å². The molecule has 2 aliphatic rings. The van der Waals surface area contributed by atoms with Crippen LogP contribution in [0.1, 0.15) is 30.6 Å². The van der Waals surface area contributed by atoms with E-state index in [9.17, 15) is 23.2 Å². The molecule has 0 radical (unpaired) electrons. The normalized spacial score (nSPS) is 21.5. The van der Waals surface area contributed by atoms with Crippen LogP contribution in [0.3, 0.4) is 0 Å². The number of nitrogens with one attached hydrogen (secondary N) is 1. The molecular formula is C23H20F2N2O4S3. The van der Waals surface area contributed by atoms with Crippen molar-refractivity contribution in [3.63, 3.8) is 0 Å². The Kier molecular flexibility index (Phi) is 7.44. The first-order valence-corrected chi connectivity index (χ1v) is 12.6. The van der Waals surface area contributed by atoms with Crippen LogP contribution in [0.25, 0.3) is 17.2 Å². The average molecular weight is 523 g/mol. The second-order valence-electron chi connectivity index (χ2n) is 8.02. The fourth-order valence-corrected chi connectivity index (χ4v) is 6.36. The summed E-state index contributed by atoms with van der Waals surface area (Å²) in [5, 5.41) is 13.1. The highest BCUT2D eigenvalue weighted by Gasteiger charge is 2.42. The van der Waals surface area contributed by atoms with Crippen LogP contribution in [0.2, 0.25) is 0 Å². The van der Waals surface area contributed by atoms with Crippen LogP contribution < -0.4 is 5.32 Å². The highest BCUT2D eigenvalue weighted by Crippen LogP contribution is 2.40. The zero-order chi connectivity index (χ0) is 24.4. The predicted molar refractivity (Wildman–Crippen MR) is 131 cm³/mol. The highest BCUT2D eigenvalue weighted by atomic mass is 32.2. The average Bonchev–Trinajstić information content (AvgIpc) is 3.50. The minimum absolute atomic E-state index is 0.0759.